The molecule has 0 N–H and O–H groups in total. The Balaban J connectivity index is 2.48. The summed E-state index contributed by atoms with van der Waals surface area (Å²) < 4.78 is 10.1. The van der Waals surface area contributed by atoms with E-state index in [1.807, 2.05) is 12.1 Å². The predicted molar refractivity (Wildman–Crippen MR) is 57.1 cm³/mol. The van der Waals surface area contributed by atoms with Gasteiger partial charge in [-0.3, -0.25) is 0 Å². The Bertz CT molecular complexity index is 233. The Morgan fingerprint density at radius 1 is 1.23 bits per heavy atom. The van der Waals surface area contributed by atoms with Crippen LogP contribution in [0.3, 0.4) is 0 Å². The summed E-state index contributed by atoms with van der Waals surface area (Å²) in [6.07, 6.45) is 0. The van der Waals surface area contributed by atoms with Crippen LogP contribution in [0.25, 0.3) is 0 Å². The normalized spacial score (nSPS) is 10.9. The highest BCUT2D eigenvalue weighted by molar-refractivity contribution is 6.32. The van der Waals surface area contributed by atoms with Crippen LogP contribution in [0.2, 0.25) is 6.55 Å². The zero-order valence-electron chi connectivity index (χ0n) is 8.25. The Kier molecular flexibility index (Phi) is 4.57. The minimum absolute atomic E-state index is 0.122. The van der Waals surface area contributed by atoms with Gasteiger partial charge in [0.15, 0.2) is 6.79 Å². The van der Waals surface area contributed by atoms with E-state index in [-0.39, 0.29) is 9.52 Å². The molecule has 1 aromatic rings. The molecule has 13 heavy (non-hydrogen) atoms. The molecule has 0 radical (unpaired) electrons. The van der Waals surface area contributed by atoms with Crippen molar-refractivity contribution >= 4 is 9.52 Å². The molecule has 0 amide bonds. The first-order valence-electron chi connectivity index (χ1n) is 4.57. The van der Waals surface area contributed by atoms with Crippen molar-refractivity contribution in [3.05, 3.63) is 29.8 Å². The van der Waals surface area contributed by atoms with Crippen molar-refractivity contribution in [3.63, 3.8) is 0 Å². The third kappa shape index (κ3) is 3.61. The van der Waals surface area contributed by atoms with Crippen LogP contribution in [0.4, 0.5) is 0 Å². The first-order chi connectivity index (χ1) is 6.36. The molecule has 1 rings (SSSR count). The number of ether oxygens (including phenoxy) is 2. The molecular weight excluding hydrogens is 180 g/mol. The molecule has 0 spiro atoms. The fourth-order valence-electron chi connectivity index (χ4n) is 1.17. The van der Waals surface area contributed by atoms with Crippen LogP contribution < -0.4 is 4.74 Å². The number of methoxy groups -OCH3 is 1. The van der Waals surface area contributed by atoms with Crippen molar-refractivity contribution in [3.8, 4) is 5.75 Å². The van der Waals surface area contributed by atoms with E-state index in [1.54, 1.807) is 7.11 Å². The zero-order chi connectivity index (χ0) is 9.52. The van der Waals surface area contributed by atoms with Gasteiger partial charge in [0.25, 0.3) is 0 Å². The number of rotatable bonds is 5. The summed E-state index contributed by atoms with van der Waals surface area (Å²) in [6.45, 7) is 2.64. The van der Waals surface area contributed by atoms with E-state index in [0.29, 0.717) is 6.79 Å². The molecule has 0 aliphatic heterocycles. The highest BCUT2D eigenvalue weighted by atomic mass is 28.2. The predicted octanol–water partition coefficient (Wildman–Crippen LogP) is 1.39. The third-order valence-electron chi connectivity index (χ3n) is 1.81. The minimum atomic E-state index is 0.122. The molecule has 0 saturated heterocycles. The topological polar surface area (TPSA) is 18.5 Å². The van der Waals surface area contributed by atoms with E-state index >= 15 is 0 Å². The van der Waals surface area contributed by atoms with Crippen LogP contribution in [-0.4, -0.2) is 23.4 Å². The van der Waals surface area contributed by atoms with E-state index in [1.165, 1.54) is 11.6 Å². The average molecular weight is 196 g/mol. The largest absolute Gasteiger partial charge is 0.468 e. The van der Waals surface area contributed by atoms with Gasteiger partial charge in [-0.2, -0.15) is 0 Å². The summed E-state index contributed by atoms with van der Waals surface area (Å²) in [5.41, 5.74) is 1.42. The van der Waals surface area contributed by atoms with Crippen molar-refractivity contribution < 1.29 is 9.47 Å². The number of hydrogen-bond donors (Lipinski definition) is 0. The lowest BCUT2D eigenvalue weighted by Gasteiger charge is -2.04. The van der Waals surface area contributed by atoms with Crippen molar-refractivity contribution in [2.75, 3.05) is 13.9 Å². The second kappa shape index (κ2) is 5.78. The summed E-state index contributed by atoms with van der Waals surface area (Å²) in [4.78, 5) is 0. The van der Waals surface area contributed by atoms with Crippen LogP contribution in [0, 0.1) is 0 Å². The summed E-state index contributed by atoms with van der Waals surface area (Å²) in [5.74, 6) is 0.878. The van der Waals surface area contributed by atoms with Gasteiger partial charge in [-0.25, -0.2) is 0 Å². The molecule has 0 unspecified atom stereocenters. The second-order valence-electron chi connectivity index (χ2n) is 2.94. The van der Waals surface area contributed by atoms with Crippen molar-refractivity contribution in [2.24, 2.45) is 0 Å². The molecule has 0 fully saturated rings. The molecule has 0 aromatic heterocycles. The van der Waals surface area contributed by atoms with Crippen molar-refractivity contribution in [1.82, 2.24) is 0 Å². The molecule has 0 aliphatic carbocycles. The lowest BCUT2D eigenvalue weighted by molar-refractivity contribution is 0.0511. The van der Waals surface area contributed by atoms with Gasteiger partial charge in [-0.05, 0) is 18.2 Å². The van der Waals surface area contributed by atoms with Crippen molar-refractivity contribution in [2.45, 2.75) is 12.6 Å². The lowest BCUT2D eigenvalue weighted by atomic mass is 10.2. The van der Waals surface area contributed by atoms with Crippen LogP contribution in [0.1, 0.15) is 5.56 Å². The summed E-state index contributed by atoms with van der Waals surface area (Å²) in [7, 11) is 1.74. The summed E-state index contributed by atoms with van der Waals surface area (Å²) in [5, 5.41) is 0. The minimum Gasteiger partial charge on any atom is -0.468 e. The number of benzene rings is 1. The maximum Gasteiger partial charge on any atom is 0.188 e. The second-order valence-corrected chi connectivity index (χ2v) is 4.44. The molecule has 2 nitrogen and oxygen atoms in total. The maximum absolute atomic E-state index is 5.28. The van der Waals surface area contributed by atoms with Gasteiger partial charge in [0.2, 0.25) is 0 Å². The Morgan fingerprint density at radius 2 is 1.92 bits per heavy atom. The van der Waals surface area contributed by atoms with Gasteiger partial charge in [0, 0.05) is 16.6 Å². The third-order valence-corrected chi connectivity index (χ3v) is 2.88. The SMILES string of the molecule is COCOc1ccc(C[SiH2]C)cc1. The molecule has 0 aliphatic rings. The van der Waals surface area contributed by atoms with E-state index in [9.17, 15) is 0 Å². The van der Waals surface area contributed by atoms with E-state index in [0.717, 1.165) is 5.75 Å². The maximum atomic E-state index is 5.28. The first-order valence-corrected chi connectivity index (χ1v) is 6.99. The Labute approximate surface area is 81.7 Å². The Morgan fingerprint density at radius 3 is 2.46 bits per heavy atom. The lowest BCUT2D eigenvalue weighted by Crippen LogP contribution is -1.99. The van der Waals surface area contributed by atoms with Crippen LogP contribution >= 0.6 is 0 Å². The fourth-order valence-corrected chi connectivity index (χ4v) is 2.08. The van der Waals surface area contributed by atoms with Gasteiger partial charge in [0.1, 0.15) is 5.75 Å². The van der Waals surface area contributed by atoms with Crippen molar-refractivity contribution in [1.29, 1.82) is 0 Å². The first kappa shape index (κ1) is 10.3. The van der Waals surface area contributed by atoms with E-state index < -0.39 is 0 Å². The fraction of sp³-hybridized carbons (Fsp3) is 0.400. The van der Waals surface area contributed by atoms with Gasteiger partial charge >= 0.3 is 0 Å². The number of hydrogen-bond acceptors (Lipinski definition) is 2. The molecule has 0 saturated carbocycles. The van der Waals surface area contributed by atoms with E-state index in [4.69, 9.17) is 9.47 Å². The highest BCUT2D eigenvalue weighted by Gasteiger charge is 1.93. The molecule has 72 valence electrons. The van der Waals surface area contributed by atoms with Gasteiger partial charge in [-0.1, -0.05) is 24.2 Å². The molecule has 3 heteroatoms. The molecule has 0 atom stereocenters. The highest BCUT2D eigenvalue weighted by Crippen LogP contribution is 2.12. The van der Waals surface area contributed by atoms with Gasteiger partial charge in [0.05, 0.1) is 0 Å². The molecule has 0 heterocycles. The molecular formula is C10H16O2Si. The average Bonchev–Trinajstić information content (AvgIpc) is 2.17. The zero-order valence-corrected chi connectivity index (χ0v) is 9.66. The van der Waals surface area contributed by atoms with E-state index in [2.05, 4.69) is 18.7 Å². The molecule has 1 aromatic carbocycles. The standard InChI is InChI=1S/C10H16O2Si/c1-11-8-12-10-5-3-9(4-6-10)7-13-2/h3-6H,7-8,13H2,1-2H3. The monoisotopic (exact) mass is 196 g/mol. The van der Waals surface area contributed by atoms with Crippen LogP contribution in [0.15, 0.2) is 24.3 Å². The summed E-state index contributed by atoms with van der Waals surface area (Å²) >= 11 is 0. The summed E-state index contributed by atoms with van der Waals surface area (Å²) in [6, 6.07) is 9.52. The molecule has 0 bridgehead atoms. The quantitative estimate of drug-likeness (QED) is 0.523. The smallest absolute Gasteiger partial charge is 0.188 e. The van der Waals surface area contributed by atoms with Gasteiger partial charge < -0.3 is 9.47 Å². The van der Waals surface area contributed by atoms with Crippen LogP contribution in [0.5, 0.6) is 5.75 Å². The Hall–Kier alpha value is -0.803. The van der Waals surface area contributed by atoms with Crippen LogP contribution in [-0.2, 0) is 10.8 Å². The van der Waals surface area contributed by atoms with Gasteiger partial charge in [-0.15, -0.1) is 0 Å².